The molecule has 21 heavy (non-hydrogen) atoms. The second kappa shape index (κ2) is 6.38. The predicted molar refractivity (Wildman–Crippen MR) is 80.6 cm³/mol. The molecule has 0 saturated carbocycles. The Morgan fingerprint density at radius 3 is 2.76 bits per heavy atom. The molecular formula is C13H14ClN3O3S. The molecule has 0 aliphatic heterocycles. The van der Waals surface area contributed by atoms with E-state index in [0.717, 1.165) is 0 Å². The first-order valence-corrected chi connectivity index (χ1v) is 8.05. The highest BCUT2D eigenvalue weighted by Crippen LogP contribution is 2.19. The van der Waals surface area contributed by atoms with E-state index < -0.39 is 10.0 Å². The van der Waals surface area contributed by atoms with Crippen LogP contribution in [-0.4, -0.2) is 32.9 Å². The molecule has 2 aromatic rings. The number of carbonyl (C=O) groups is 1. The second-order valence-electron chi connectivity index (χ2n) is 4.31. The van der Waals surface area contributed by atoms with Crippen LogP contribution in [0, 0.1) is 0 Å². The molecule has 1 aromatic heterocycles. The molecule has 6 nitrogen and oxygen atoms in total. The highest BCUT2D eigenvalue weighted by atomic mass is 35.5. The van der Waals surface area contributed by atoms with E-state index in [9.17, 15) is 13.2 Å². The molecule has 0 saturated heterocycles. The topological polar surface area (TPSA) is 88.2 Å². The van der Waals surface area contributed by atoms with E-state index in [1.54, 1.807) is 18.2 Å². The van der Waals surface area contributed by atoms with Gasteiger partial charge in [-0.2, -0.15) is 0 Å². The number of benzene rings is 1. The molecular weight excluding hydrogens is 314 g/mol. The van der Waals surface area contributed by atoms with Crippen molar-refractivity contribution in [3.63, 3.8) is 0 Å². The van der Waals surface area contributed by atoms with Crippen molar-refractivity contribution in [3.05, 3.63) is 35.5 Å². The van der Waals surface area contributed by atoms with Crippen LogP contribution >= 0.6 is 11.6 Å². The zero-order valence-electron chi connectivity index (χ0n) is 11.3. The Kier molecular flexibility index (Phi) is 4.76. The van der Waals surface area contributed by atoms with Gasteiger partial charge < -0.3 is 5.32 Å². The van der Waals surface area contributed by atoms with Crippen molar-refractivity contribution in [2.24, 2.45) is 0 Å². The lowest BCUT2D eigenvalue weighted by Gasteiger charge is -2.07. The van der Waals surface area contributed by atoms with Gasteiger partial charge >= 0.3 is 0 Å². The van der Waals surface area contributed by atoms with E-state index in [1.165, 1.54) is 19.2 Å². The molecule has 0 unspecified atom stereocenters. The van der Waals surface area contributed by atoms with Gasteiger partial charge in [-0.3, -0.25) is 4.79 Å². The van der Waals surface area contributed by atoms with Crippen LogP contribution in [0.4, 0.5) is 0 Å². The predicted octanol–water partition coefficient (Wildman–Crippen LogP) is 1.30. The van der Waals surface area contributed by atoms with Crippen LogP contribution in [-0.2, 0) is 14.8 Å². The Morgan fingerprint density at radius 1 is 1.29 bits per heavy atom. The van der Waals surface area contributed by atoms with Gasteiger partial charge in [0.05, 0.1) is 10.4 Å². The van der Waals surface area contributed by atoms with Crippen LogP contribution in [0.2, 0.25) is 5.15 Å². The van der Waals surface area contributed by atoms with Crippen LogP contribution in [0.1, 0.15) is 6.42 Å². The maximum absolute atomic E-state index is 12.1. The average Bonchev–Trinajstić information content (AvgIpc) is 2.46. The van der Waals surface area contributed by atoms with Gasteiger partial charge in [-0.25, -0.2) is 18.1 Å². The summed E-state index contributed by atoms with van der Waals surface area (Å²) < 4.78 is 26.6. The highest BCUT2D eigenvalue weighted by molar-refractivity contribution is 7.89. The van der Waals surface area contributed by atoms with Crippen LogP contribution in [0.3, 0.4) is 0 Å². The fourth-order valence-corrected chi connectivity index (χ4v) is 2.97. The lowest BCUT2D eigenvalue weighted by molar-refractivity contribution is -0.120. The van der Waals surface area contributed by atoms with E-state index in [2.05, 4.69) is 15.0 Å². The van der Waals surface area contributed by atoms with Gasteiger partial charge in [0.2, 0.25) is 15.9 Å². The molecule has 0 spiro atoms. The number of pyridine rings is 1. The van der Waals surface area contributed by atoms with Gasteiger partial charge in [0.25, 0.3) is 0 Å². The van der Waals surface area contributed by atoms with E-state index in [-0.39, 0.29) is 23.8 Å². The van der Waals surface area contributed by atoms with Crippen LogP contribution in [0.15, 0.2) is 35.2 Å². The van der Waals surface area contributed by atoms with Crippen molar-refractivity contribution in [1.82, 2.24) is 15.0 Å². The molecule has 1 heterocycles. The summed E-state index contributed by atoms with van der Waals surface area (Å²) in [4.78, 5) is 15.3. The van der Waals surface area contributed by atoms with Crippen molar-refractivity contribution in [1.29, 1.82) is 0 Å². The van der Waals surface area contributed by atoms with Crippen LogP contribution in [0.25, 0.3) is 10.9 Å². The van der Waals surface area contributed by atoms with Crippen molar-refractivity contribution < 1.29 is 13.2 Å². The van der Waals surface area contributed by atoms with E-state index in [1.807, 2.05) is 0 Å². The van der Waals surface area contributed by atoms with Crippen molar-refractivity contribution in [2.45, 2.75) is 11.3 Å². The Balaban J connectivity index is 2.20. The summed E-state index contributed by atoms with van der Waals surface area (Å²) >= 11 is 5.78. The lowest BCUT2D eigenvalue weighted by atomic mass is 10.2. The number of nitrogens with one attached hydrogen (secondary N) is 2. The molecule has 1 aromatic carbocycles. The van der Waals surface area contributed by atoms with Crippen molar-refractivity contribution in [3.8, 4) is 0 Å². The molecule has 0 radical (unpaired) electrons. The number of aromatic nitrogens is 1. The zero-order chi connectivity index (χ0) is 15.5. The summed E-state index contributed by atoms with van der Waals surface area (Å²) in [5.41, 5.74) is 0.617. The minimum atomic E-state index is -3.66. The van der Waals surface area contributed by atoms with E-state index >= 15 is 0 Å². The van der Waals surface area contributed by atoms with Gasteiger partial charge in [-0.15, -0.1) is 0 Å². The molecule has 0 fully saturated rings. The minimum Gasteiger partial charge on any atom is -0.359 e. The Bertz CT molecular complexity index is 777. The third-order valence-electron chi connectivity index (χ3n) is 2.86. The number of nitrogens with zero attached hydrogens (tertiary/aromatic N) is 1. The fourth-order valence-electron chi connectivity index (χ4n) is 1.75. The fraction of sp³-hybridized carbons (Fsp3) is 0.231. The number of rotatable bonds is 5. The number of carbonyl (C=O) groups excluding carboxylic acids is 1. The maximum Gasteiger partial charge on any atom is 0.240 e. The van der Waals surface area contributed by atoms with Gasteiger partial charge in [0.1, 0.15) is 5.15 Å². The van der Waals surface area contributed by atoms with E-state index in [4.69, 9.17) is 11.6 Å². The summed E-state index contributed by atoms with van der Waals surface area (Å²) in [6.45, 7) is 0.0406. The average molecular weight is 328 g/mol. The van der Waals surface area contributed by atoms with Crippen LogP contribution < -0.4 is 10.0 Å². The quantitative estimate of drug-likeness (QED) is 0.810. The third-order valence-corrected chi connectivity index (χ3v) is 4.53. The summed E-state index contributed by atoms with van der Waals surface area (Å²) in [5, 5.41) is 3.45. The van der Waals surface area contributed by atoms with Gasteiger partial charge in [0, 0.05) is 25.4 Å². The standard InChI is InChI=1S/C13H14ClN3O3S/c1-15-13(18)6-7-16-21(19,20)10-3-4-11-9(8-10)2-5-12(14)17-11/h2-5,8,16H,6-7H2,1H3,(H,15,18). The first-order chi connectivity index (χ1) is 9.92. The monoisotopic (exact) mass is 327 g/mol. The number of hydrogen-bond acceptors (Lipinski definition) is 4. The normalized spacial score (nSPS) is 11.5. The maximum atomic E-state index is 12.1. The molecule has 0 aliphatic rings. The molecule has 112 valence electrons. The number of halogens is 1. The smallest absolute Gasteiger partial charge is 0.240 e. The number of hydrogen-bond donors (Lipinski definition) is 2. The molecule has 0 aliphatic carbocycles. The highest BCUT2D eigenvalue weighted by Gasteiger charge is 2.14. The lowest BCUT2D eigenvalue weighted by Crippen LogP contribution is -2.29. The number of amides is 1. The Morgan fingerprint density at radius 2 is 2.05 bits per heavy atom. The SMILES string of the molecule is CNC(=O)CCNS(=O)(=O)c1ccc2nc(Cl)ccc2c1. The molecule has 0 bridgehead atoms. The summed E-state index contributed by atoms with van der Waals surface area (Å²) in [6, 6.07) is 7.86. The summed E-state index contributed by atoms with van der Waals surface area (Å²) in [7, 11) is -2.16. The number of sulfonamides is 1. The summed E-state index contributed by atoms with van der Waals surface area (Å²) in [6.07, 6.45) is 0.0838. The molecule has 8 heteroatoms. The Hall–Kier alpha value is -1.70. The van der Waals surface area contributed by atoms with Crippen molar-refractivity contribution >= 4 is 38.4 Å². The number of fused-ring (bicyclic) bond motifs is 1. The Labute approximate surface area is 127 Å². The summed E-state index contributed by atoms with van der Waals surface area (Å²) in [5.74, 6) is -0.227. The minimum absolute atomic E-state index is 0.0406. The van der Waals surface area contributed by atoms with Crippen molar-refractivity contribution in [2.75, 3.05) is 13.6 Å². The van der Waals surface area contributed by atoms with Gasteiger partial charge in [0.15, 0.2) is 0 Å². The van der Waals surface area contributed by atoms with Crippen LogP contribution in [0.5, 0.6) is 0 Å². The largest absolute Gasteiger partial charge is 0.359 e. The first-order valence-electron chi connectivity index (χ1n) is 6.19. The first kappa shape index (κ1) is 15.7. The third kappa shape index (κ3) is 3.90. The molecule has 1 amide bonds. The second-order valence-corrected chi connectivity index (χ2v) is 6.46. The van der Waals surface area contributed by atoms with Gasteiger partial charge in [-0.05, 0) is 30.3 Å². The zero-order valence-corrected chi connectivity index (χ0v) is 12.8. The van der Waals surface area contributed by atoms with E-state index in [0.29, 0.717) is 16.1 Å². The van der Waals surface area contributed by atoms with Gasteiger partial charge in [-0.1, -0.05) is 11.6 Å². The molecule has 2 rings (SSSR count). The molecule has 0 atom stereocenters. The molecule has 2 N–H and O–H groups in total.